The van der Waals surface area contributed by atoms with Crippen LogP contribution in [-0.2, 0) is 9.53 Å². The highest BCUT2D eigenvalue weighted by Crippen LogP contribution is 2.26. The molecule has 2 N–H and O–H groups in total. The zero-order chi connectivity index (χ0) is 15.9. The van der Waals surface area contributed by atoms with E-state index in [0.717, 1.165) is 0 Å². The molecule has 0 spiro atoms. The van der Waals surface area contributed by atoms with E-state index in [1.54, 1.807) is 30.3 Å². The number of benzene rings is 1. The van der Waals surface area contributed by atoms with E-state index in [1.807, 2.05) is 0 Å². The highest BCUT2D eigenvalue weighted by molar-refractivity contribution is 5.70. The van der Waals surface area contributed by atoms with Crippen molar-refractivity contribution < 1.29 is 27.8 Å². The van der Waals surface area contributed by atoms with Crippen LogP contribution in [0.4, 0.5) is 13.2 Å². The lowest BCUT2D eigenvalue weighted by molar-refractivity contribution is -0.171. The van der Waals surface area contributed by atoms with Crippen LogP contribution in [0, 0.1) is 0 Å². The van der Waals surface area contributed by atoms with E-state index in [2.05, 4.69) is 10.1 Å². The van der Waals surface area contributed by atoms with Crippen LogP contribution in [0.15, 0.2) is 30.3 Å². The number of hydrogen-bond acceptors (Lipinski definition) is 4. The van der Waals surface area contributed by atoms with Crippen LogP contribution in [0.5, 0.6) is 0 Å². The summed E-state index contributed by atoms with van der Waals surface area (Å²) < 4.78 is 43.5. The number of alkyl halides is 3. The SMILES string of the molecule is CCOC(=O)C[C@@H](N[C@@H](CO)c1ccccc1)C(F)(F)F. The van der Waals surface area contributed by atoms with E-state index >= 15 is 0 Å². The summed E-state index contributed by atoms with van der Waals surface area (Å²) in [6.07, 6.45) is -5.45. The standard InChI is InChI=1S/C14H18F3NO3/c1-2-21-13(20)8-12(14(15,16)17)18-11(9-19)10-6-4-3-5-7-10/h3-7,11-12,18-19H,2,8-9H2,1H3/t11-,12+/m0/s1. The highest BCUT2D eigenvalue weighted by atomic mass is 19.4. The minimum Gasteiger partial charge on any atom is -0.466 e. The van der Waals surface area contributed by atoms with Gasteiger partial charge in [-0.1, -0.05) is 30.3 Å². The van der Waals surface area contributed by atoms with Gasteiger partial charge in [-0.15, -0.1) is 0 Å². The van der Waals surface area contributed by atoms with Gasteiger partial charge in [0.25, 0.3) is 0 Å². The Bertz CT molecular complexity index is 437. The number of hydrogen-bond donors (Lipinski definition) is 2. The third kappa shape index (κ3) is 5.73. The lowest BCUT2D eigenvalue weighted by Crippen LogP contribution is -2.46. The number of aliphatic hydroxyl groups excluding tert-OH is 1. The second kappa shape index (κ2) is 7.99. The molecule has 118 valence electrons. The van der Waals surface area contributed by atoms with Crippen molar-refractivity contribution in [2.45, 2.75) is 31.6 Å². The summed E-state index contributed by atoms with van der Waals surface area (Å²) in [6.45, 7) is 1.03. The van der Waals surface area contributed by atoms with Crippen molar-refractivity contribution in [2.75, 3.05) is 13.2 Å². The highest BCUT2D eigenvalue weighted by Gasteiger charge is 2.42. The summed E-state index contributed by atoms with van der Waals surface area (Å²) in [5.74, 6) is -0.933. The van der Waals surface area contributed by atoms with Crippen molar-refractivity contribution in [3.05, 3.63) is 35.9 Å². The molecule has 7 heteroatoms. The van der Waals surface area contributed by atoms with Gasteiger partial charge >= 0.3 is 12.1 Å². The lowest BCUT2D eigenvalue weighted by Gasteiger charge is -2.26. The van der Waals surface area contributed by atoms with Gasteiger partial charge in [0, 0.05) is 0 Å². The predicted octanol–water partition coefficient (Wildman–Crippen LogP) is 2.19. The largest absolute Gasteiger partial charge is 0.466 e. The first-order valence-electron chi connectivity index (χ1n) is 6.52. The number of halogens is 3. The molecule has 0 radical (unpaired) electrons. The first-order chi connectivity index (χ1) is 9.88. The van der Waals surface area contributed by atoms with Crippen LogP contribution < -0.4 is 5.32 Å². The molecule has 0 aromatic heterocycles. The van der Waals surface area contributed by atoms with Gasteiger partial charge in [0.1, 0.15) is 6.04 Å². The molecule has 1 rings (SSSR count). The molecule has 0 bridgehead atoms. The van der Waals surface area contributed by atoms with Gasteiger partial charge in [-0.05, 0) is 12.5 Å². The van der Waals surface area contributed by atoms with Crippen LogP contribution in [0.1, 0.15) is 24.9 Å². The van der Waals surface area contributed by atoms with E-state index in [4.69, 9.17) is 0 Å². The summed E-state index contributed by atoms with van der Waals surface area (Å²) in [4.78, 5) is 11.3. The molecule has 0 fully saturated rings. The van der Waals surface area contributed by atoms with Crippen molar-refractivity contribution in [3.63, 3.8) is 0 Å². The maximum absolute atomic E-state index is 13.0. The molecule has 0 aliphatic carbocycles. The van der Waals surface area contributed by atoms with Gasteiger partial charge < -0.3 is 9.84 Å². The molecule has 0 aliphatic heterocycles. The summed E-state index contributed by atoms with van der Waals surface area (Å²) >= 11 is 0. The Balaban J connectivity index is 2.82. The Kier molecular flexibility index (Phi) is 6.64. The Labute approximate surface area is 120 Å². The molecule has 0 saturated heterocycles. The number of carbonyl (C=O) groups excluding carboxylic acids is 1. The Morgan fingerprint density at radius 2 is 1.95 bits per heavy atom. The molecular weight excluding hydrogens is 287 g/mol. The Morgan fingerprint density at radius 3 is 2.43 bits per heavy atom. The first-order valence-corrected chi connectivity index (χ1v) is 6.52. The average molecular weight is 305 g/mol. The van der Waals surface area contributed by atoms with Crippen LogP contribution >= 0.6 is 0 Å². The third-order valence-electron chi connectivity index (χ3n) is 2.86. The van der Waals surface area contributed by atoms with Gasteiger partial charge in [0.05, 0.1) is 25.7 Å². The smallest absolute Gasteiger partial charge is 0.404 e. The number of aliphatic hydroxyl groups is 1. The molecule has 4 nitrogen and oxygen atoms in total. The molecule has 1 aromatic rings. The molecule has 0 heterocycles. The van der Waals surface area contributed by atoms with Crippen LogP contribution in [0.3, 0.4) is 0 Å². The van der Waals surface area contributed by atoms with Crippen LogP contribution in [0.2, 0.25) is 0 Å². The van der Waals surface area contributed by atoms with E-state index in [-0.39, 0.29) is 6.61 Å². The number of rotatable bonds is 7. The minimum absolute atomic E-state index is 0.0194. The first kappa shape index (κ1) is 17.5. The number of ether oxygens (including phenoxy) is 1. The van der Waals surface area contributed by atoms with Crippen LogP contribution in [-0.4, -0.2) is 36.5 Å². The minimum atomic E-state index is -4.62. The number of carbonyl (C=O) groups is 1. The zero-order valence-corrected chi connectivity index (χ0v) is 11.6. The topological polar surface area (TPSA) is 58.6 Å². The van der Waals surface area contributed by atoms with Crippen molar-refractivity contribution in [1.82, 2.24) is 5.32 Å². The second-order valence-electron chi connectivity index (χ2n) is 4.42. The molecule has 0 unspecified atom stereocenters. The molecule has 2 atom stereocenters. The summed E-state index contributed by atoms with van der Waals surface area (Å²) in [5.41, 5.74) is 0.512. The fourth-order valence-corrected chi connectivity index (χ4v) is 1.84. The zero-order valence-electron chi connectivity index (χ0n) is 11.6. The maximum atomic E-state index is 13.0. The van der Waals surface area contributed by atoms with E-state index in [1.165, 1.54) is 6.92 Å². The van der Waals surface area contributed by atoms with Crippen LogP contribution in [0.25, 0.3) is 0 Å². The number of esters is 1. The van der Waals surface area contributed by atoms with Gasteiger partial charge in [0.15, 0.2) is 0 Å². The number of nitrogens with one attached hydrogen (secondary N) is 1. The lowest BCUT2D eigenvalue weighted by atomic mass is 10.1. The fraction of sp³-hybridized carbons (Fsp3) is 0.500. The second-order valence-corrected chi connectivity index (χ2v) is 4.42. The van der Waals surface area contributed by atoms with Gasteiger partial charge in [-0.3, -0.25) is 10.1 Å². The predicted molar refractivity (Wildman–Crippen MR) is 70.5 cm³/mol. The van der Waals surface area contributed by atoms with Crippen molar-refractivity contribution in [1.29, 1.82) is 0 Å². The molecule has 21 heavy (non-hydrogen) atoms. The van der Waals surface area contributed by atoms with E-state index in [0.29, 0.717) is 5.56 Å². The van der Waals surface area contributed by atoms with Gasteiger partial charge in [-0.25, -0.2) is 0 Å². The van der Waals surface area contributed by atoms with E-state index in [9.17, 15) is 23.1 Å². The summed E-state index contributed by atoms with van der Waals surface area (Å²) in [7, 11) is 0. The molecule has 1 aromatic carbocycles. The fourth-order valence-electron chi connectivity index (χ4n) is 1.84. The van der Waals surface area contributed by atoms with Gasteiger partial charge in [-0.2, -0.15) is 13.2 Å². The molecule has 0 amide bonds. The Hall–Kier alpha value is -1.60. The summed E-state index contributed by atoms with van der Waals surface area (Å²) in [6, 6.07) is 5.26. The van der Waals surface area contributed by atoms with E-state index < -0.39 is 37.3 Å². The quantitative estimate of drug-likeness (QED) is 0.758. The third-order valence-corrected chi connectivity index (χ3v) is 2.86. The average Bonchev–Trinajstić information content (AvgIpc) is 2.43. The normalized spacial score (nSPS) is 14.5. The Morgan fingerprint density at radius 1 is 1.33 bits per heavy atom. The molecular formula is C14H18F3NO3. The van der Waals surface area contributed by atoms with Crippen molar-refractivity contribution in [2.24, 2.45) is 0 Å². The van der Waals surface area contributed by atoms with Gasteiger partial charge in [0.2, 0.25) is 0 Å². The maximum Gasteiger partial charge on any atom is 0.404 e. The molecule has 0 aliphatic rings. The molecule has 0 saturated carbocycles. The summed E-state index contributed by atoms with van der Waals surface area (Å²) in [5, 5.41) is 11.6. The van der Waals surface area contributed by atoms with Crippen molar-refractivity contribution >= 4 is 5.97 Å². The monoisotopic (exact) mass is 305 g/mol. The van der Waals surface area contributed by atoms with Crippen molar-refractivity contribution in [3.8, 4) is 0 Å².